The molecule has 2 aliphatic carbocycles. The van der Waals surface area contributed by atoms with Gasteiger partial charge in [0.05, 0.1) is 11.1 Å². The Morgan fingerprint density at radius 1 is 1.21 bits per heavy atom. The number of nitrogens with one attached hydrogen (secondary N) is 1. The Bertz CT molecular complexity index is 872. The second-order valence-electron chi connectivity index (χ2n) is 6.74. The molecule has 2 aliphatic rings. The first-order valence-electron chi connectivity index (χ1n) is 8.58. The minimum atomic E-state index is -3.41. The molecule has 0 amide bonds. The van der Waals surface area contributed by atoms with Gasteiger partial charge in [0.2, 0.25) is 10.0 Å². The maximum Gasteiger partial charge on any atom is 0.209 e. The van der Waals surface area contributed by atoms with Gasteiger partial charge in [0, 0.05) is 17.3 Å². The summed E-state index contributed by atoms with van der Waals surface area (Å²) in [5.74, 6) is 2.31. The van der Waals surface area contributed by atoms with Crippen molar-refractivity contribution in [1.82, 2.24) is 9.97 Å². The molecule has 0 unspecified atom stereocenters. The average Bonchev–Trinajstić information content (AvgIpc) is 3.31. The predicted octanol–water partition coefficient (Wildman–Crippen LogP) is 2.54. The van der Waals surface area contributed by atoms with Crippen LogP contribution in [0, 0.1) is 0 Å². The first-order chi connectivity index (χ1) is 11.5. The second kappa shape index (κ2) is 6.24. The van der Waals surface area contributed by atoms with Crippen molar-refractivity contribution in [2.75, 3.05) is 17.6 Å². The lowest BCUT2D eigenvalue weighted by atomic mass is 9.97. The number of hydrogen-bond acceptors (Lipinski definition) is 6. The number of fused-ring (bicyclic) bond motifs is 3. The lowest BCUT2D eigenvalue weighted by molar-refractivity contribution is 0.595. The van der Waals surface area contributed by atoms with Gasteiger partial charge in [0.25, 0.3) is 0 Å². The molecule has 6 nitrogen and oxygen atoms in total. The monoisotopic (exact) mass is 366 g/mol. The van der Waals surface area contributed by atoms with Crippen molar-refractivity contribution < 1.29 is 8.42 Å². The topological polar surface area (TPSA) is 98.0 Å². The predicted molar refractivity (Wildman–Crippen MR) is 97.1 cm³/mol. The van der Waals surface area contributed by atoms with E-state index in [0.29, 0.717) is 18.9 Å². The van der Waals surface area contributed by atoms with Crippen molar-refractivity contribution >= 4 is 37.4 Å². The van der Waals surface area contributed by atoms with Crippen LogP contribution in [0.25, 0.3) is 10.2 Å². The third-order valence-electron chi connectivity index (χ3n) is 4.67. The van der Waals surface area contributed by atoms with Crippen LogP contribution in [0.4, 0.5) is 5.82 Å². The Balaban J connectivity index is 1.65. The highest BCUT2D eigenvalue weighted by atomic mass is 32.2. The van der Waals surface area contributed by atoms with E-state index in [1.807, 2.05) is 11.3 Å². The third-order valence-corrected chi connectivity index (χ3v) is 6.72. The quantitative estimate of drug-likeness (QED) is 0.766. The van der Waals surface area contributed by atoms with Gasteiger partial charge in [-0.3, -0.25) is 0 Å². The first-order valence-corrected chi connectivity index (χ1v) is 11.1. The Morgan fingerprint density at radius 2 is 2.00 bits per heavy atom. The standard InChI is InChI=1S/C16H22N4O2S2/c17-24(21,22)9-3-8-18-15-13-11-4-1-2-5-12(11)23-16(13)20-14(19-15)10-6-7-10/h10H,1-9H2,(H2,17,21,22)(H,18,19,20). The molecular weight excluding hydrogens is 344 g/mol. The summed E-state index contributed by atoms with van der Waals surface area (Å²) in [6.07, 6.45) is 7.51. The number of anilines is 1. The zero-order valence-corrected chi connectivity index (χ0v) is 15.2. The first kappa shape index (κ1) is 16.2. The number of aryl methyl sites for hydroxylation is 2. The molecule has 2 aromatic rings. The number of nitrogens with two attached hydrogens (primary N) is 1. The van der Waals surface area contributed by atoms with Crippen LogP contribution >= 0.6 is 11.3 Å². The molecule has 8 heteroatoms. The fraction of sp³-hybridized carbons (Fsp3) is 0.625. The normalized spacial score (nSPS) is 17.9. The fourth-order valence-corrected chi connectivity index (χ4v) is 5.12. The summed E-state index contributed by atoms with van der Waals surface area (Å²) in [6, 6.07) is 0. The lowest BCUT2D eigenvalue weighted by Crippen LogP contribution is -2.19. The van der Waals surface area contributed by atoms with E-state index in [4.69, 9.17) is 15.1 Å². The molecule has 0 saturated heterocycles. The summed E-state index contributed by atoms with van der Waals surface area (Å²) in [5, 5.41) is 9.59. The van der Waals surface area contributed by atoms with Gasteiger partial charge in [-0.1, -0.05) is 0 Å². The number of rotatable bonds is 6. The van der Waals surface area contributed by atoms with Crippen molar-refractivity contribution in [2.24, 2.45) is 5.14 Å². The SMILES string of the molecule is NS(=O)(=O)CCCNc1nc(C2CC2)nc2sc3c(c12)CCCC3. The van der Waals surface area contributed by atoms with Crippen molar-refractivity contribution in [3.8, 4) is 0 Å². The zero-order chi connectivity index (χ0) is 16.7. The van der Waals surface area contributed by atoms with Crippen LogP contribution in [0.3, 0.4) is 0 Å². The zero-order valence-electron chi connectivity index (χ0n) is 13.5. The van der Waals surface area contributed by atoms with E-state index in [1.54, 1.807) is 0 Å². The number of aromatic nitrogens is 2. The molecule has 0 aliphatic heterocycles. The highest BCUT2D eigenvalue weighted by molar-refractivity contribution is 7.89. The van der Waals surface area contributed by atoms with E-state index in [-0.39, 0.29) is 5.75 Å². The molecule has 0 aromatic carbocycles. The molecule has 0 spiro atoms. The highest BCUT2D eigenvalue weighted by Gasteiger charge is 2.29. The molecule has 1 fully saturated rings. The van der Waals surface area contributed by atoms with Crippen molar-refractivity contribution in [2.45, 2.75) is 50.9 Å². The minimum Gasteiger partial charge on any atom is -0.369 e. The van der Waals surface area contributed by atoms with Crippen LogP contribution in [0.15, 0.2) is 0 Å². The average molecular weight is 367 g/mol. The van der Waals surface area contributed by atoms with Gasteiger partial charge >= 0.3 is 0 Å². The number of sulfonamides is 1. The van der Waals surface area contributed by atoms with Crippen molar-refractivity contribution in [3.63, 3.8) is 0 Å². The Kier molecular flexibility index (Phi) is 4.22. The molecule has 4 rings (SSSR count). The number of hydrogen-bond donors (Lipinski definition) is 2. The van der Waals surface area contributed by atoms with E-state index in [9.17, 15) is 8.42 Å². The van der Waals surface area contributed by atoms with E-state index in [1.165, 1.54) is 36.1 Å². The lowest BCUT2D eigenvalue weighted by Gasteiger charge is -2.13. The maximum absolute atomic E-state index is 11.1. The minimum absolute atomic E-state index is 0.00848. The summed E-state index contributed by atoms with van der Waals surface area (Å²) in [6.45, 7) is 0.553. The molecule has 1 saturated carbocycles. The van der Waals surface area contributed by atoms with Gasteiger partial charge in [-0.25, -0.2) is 23.5 Å². The van der Waals surface area contributed by atoms with Crippen LogP contribution in [-0.2, 0) is 22.9 Å². The molecule has 3 N–H and O–H groups in total. The summed E-state index contributed by atoms with van der Waals surface area (Å²) in [4.78, 5) is 12.1. The third kappa shape index (κ3) is 3.41. The van der Waals surface area contributed by atoms with E-state index in [0.717, 1.165) is 34.7 Å². The van der Waals surface area contributed by atoms with E-state index in [2.05, 4.69) is 5.32 Å². The van der Waals surface area contributed by atoms with Gasteiger partial charge in [-0.2, -0.15) is 0 Å². The number of primary sulfonamides is 1. The van der Waals surface area contributed by atoms with Crippen LogP contribution in [0.5, 0.6) is 0 Å². The van der Waals surface area contributed by atoms with Crippen molar-refractivity contribution in [1.29, 1.82) is 0 Å². The van der Waals surface area contributed by atoms with Crippen LogP contribution in [0.1, 0.15) is 54.3 Å². The number of nitrogens with zero attached hydrogens (tertiary/aromatic N) is 2. The van der Waals surface area contributed by atoms with Crippen molar-refractivity contribution in [3.05, 3.63) is 16.3 Å². The highest BCUT2D eigenvalue weighted by Crippen LogP contribution is 2.43. The molecule has 0 bridgehead atoms. The largest absolute Gasteiger partial charge is 0.369 e. The molecule has 24 heavy (non-hydrogen) atoms. The molecule has 2 heterocycles. The van der Waals surface area contributed by atoms with Crippen LogP contribution in [-0.4, -0.2) is 30.7 Å². The summed E-state index contributed by atoms with van der Waals surface area (Å²) in [7, 11) is -3.41. The van der Waals surface area contributed by atoms with Gasteiger partial charge in [-0.15, -0.1) is 11.3 Å². The van der Waals surface area contributed by atoms with E-state index >= 15 is 0 Å². The second-order valence-corrected chi connectivity index (χ2v) is 9.56. The van der Waals surface area contributed by atoms with Crippen LogP contribution in [0.2, 0.25) is 0 Å². The fourth-order valence-electron chi connectivity index (χ4n) is 3.31. The van der Waals surface area contributed by atoms with Gasteiger partial charge in [0.15, 0.2) is 0 Å². The molecule has 130 valence electrons. The Hall–Kier alpha value is -1.25. The summed E-state index contributed by atoms with van der Waals surface area (Å²) < 4.78 is 22.2. The molecule has 0 radical (unpaired) electrons. The summed E-state index contributed by atoms with van der Waals surface area (Å²) in [5.41, 5.74) is 1.40. The van der Waals surface area contributed by atoms with Crippen LogP contribution < -0.4 is 10.5 Å². The molecule has 0 atom stereocenters. The Labute approximate surface area is 145 Å². The number of thiophene rings is 1. The maximum atomic E-state index is 11.1. The summed E-state index contributed by atoms with van der Waals surface area (Å²) >= 11 is 1.81. The van der Waals surface area contributed by atoms with Gasteiger partial charge < -0.3 is 5.32 Å². The van der Waals surface area contributed by atoms with Gasteiger partial charge in [-0.05, 0) is 50.5 Å². The Morgan fingerprint density at radius 3 is 2.75 bits per heavy atom. The van der Waals surface area contributed by atoms with Gasteiger partial charge in [0.1, 0.15) is 16.5 Å². The molecule has 2 aromatic heterocycles. The smallest absolute Gasteiger partial charge is 0.209 e. The molecular formula is C16H22N4O2S2. The van der Waals surface area contributed by atoms with E-state index < -0.39 is 10.0 Å².